The van der Waals surface area contributed by atoms with Crippen LogP contribution < -0.4 is 0 Å². The highest BCUT2D eigenvalue weighted by Crippen LogP contribution is 2.29. The molecule has 1 aromatic heterocycles. The Morgan fingerprint density at radius 3 is 2.89 bits per heavy atom. The lowest BCUT2D eigenvalue weighted by molar-refractivity contribution is 0.534. The van der Waals surface area contributed by atoms with Gasteiger partial charge in [-0.2, -0.15) is 11.8 Å². The summed E-state index contributed by atoms with van der Waals surface area (Å²) in [5, 5.41) is 0.692. The first-order valence-electron chi connectivity index (χ1n) is 6.48. The Morgan fingerprint density at radius 2 is 2.21 bits per heavy atom. The number of aromatic nitrogens is 2. The van der Waals surface area contributed by atoms with E-state index in [0.717, 1.165) is 34.8 Å². The summed E-state index contributed by atoms with van der Waals surface area (Å²) in [6, 6.07) is 6.29. The molecule has 2 rings (SSSR count). The van der Waals surface area contributed by atoms with Crippen molar-refractivity contribution in [3.63, 3.8) is 0 Å². The van der Waals surface area contributed by atoms with Crippen LogP contribution in [0.3, 0.4) is 0 Å². The summed E-state index contributed by atoms with van der Waals surface area (Å²) in [5.74, 6) is 3.63. The normalized spacial score (nSPS) is 13.1. The Kier molecular flexibility index (Phi) is 5.43. The average molecular weight is 317 g/mol. The van der Waals surface area contributed by atoms with Gasteiger partial charge < -0.3 is 4.57 Å². The fourth-order valence-electron chi connectivity index (χ4n) is 2.24. The average Bonchev–Trinajstić information content (AvgIpc) is 2.79. The van der Waals surface area contributed by atoms with Gasteiger partial charge in [-0.15, -0.1) is 11.6 Å². The molecular formula is C14H18Cl2N2S. The van der Waals surface area contributed by atoms with E-state index in [2.05, 4.69) is 29.5 Å². The lowest BCUT2D eigenvalue weighted by Crippen LogP contribution is -2.09. The van der Waals surface area contributed by atoms with E-state index < -0.39 is 0 Å². The Bertz CT molecular complexity index is 554. The molecule has 1 atom stereocenters. The van der Waals surface area contributed by atoms with Crippen molar-refractivity contribution in [2.75, 3.05) is 11.5 Å². The molecule has 0 radical (unpaired) electrons. The van der Waals surface area contributed by atoms with Gasteiger partial charge in [-0.05, 0) is 37.0 Å². The highest BCUT2D eigenvalue weighted by atomic mass is 35.5. The van der Waals surface area contributed by atoms with Crippen LogP contribution in [0.1, 0.15) is 32.1 Å². The van der Waals surface area contributed by atoms with E-state index in [4.69, 9.17) is 23.2 Å². The van der Waals surface area contributed by atoms with E-state index in [-0.39, 0.29) is 0 Å². The Balaban J connectivity index is 2.37. The summed E-state index contributed by atoms with van der Waals surface area (Å²) in [4.78, 5) is 4.57. The van der Waals surface area contributed by atoms with Crippen molar-refractivity contribution < 1.29 is 0 Å². The molecule has 0 saturated heterocycles. The molecule has 2 aromatic rings. The number of benzene rings is 1. The molecule has 5 heteroatoms. The maximum Gasteiger partial charge on any atom is 0.125 e. The highest BCUT2D eigenvalue weighted by Gasteiger charge is 2.16. The molecule has 0 fully saturated rings. The van der Waals surface area contributed by atoms with Crippen LogP contribution in [-0.4, -0.2) is 21.1 Å². The number of hydrogen-bond donors (Lipinski definition) is 0. The van der Waals surface area contributed by atoms with Crippen molar-refractivity contribution in [2.45, 2.75) is 32.2 Å². The number of para-hydroxylation sites is 1. The molecule has 2 nitrogen and oxygen atoms in total. The first-order chi connectivity index (χ1) is 9.19. The molecule has 0 N–H and O–H groups in total. The molecule has 0 saturated carbocycles. The van der Waals surface area contributed by atoms with Gasteiger partial charge in [0.15, 0.2) is 0 Å². The predicted octanol–water partition coefficient (Wildman–Crippen LogP) is 5.13. The number of imidazole rings is 1. The minimum atomic E-state index is 0.385. The summed E-state index contributed by atoms with van der Waals surface area (Å²) in [6.45, 7) is 4.40. The zero-order chi connectivity index (χ0) is 13.8. The highest BCUT2D eigenvalue weighted by molar-refractivity contribution is 7.99. The molecule has 0 bridgehead atoms. The second-order valence-corrected chi connectivity index (χ2v) is 6.54. The molecule has 1 unspecified atom stereocenters. The second-order valence-electron chi connectivity index (χ2n) is 4.47. The van der Waals surface area contributed by atoms with Crippen LogP contribution in [0, 0.1) is 0 Å². The van der Waals surface area contributed by atoms with Crippen molar-refractivity contribution in [2.24, 2.45) is 0 Å². The Labute approximate surface area is 128 Å². The van der Waals surface area contributed by atoms with Gasteiger partial charge in [-0.3, -0.25) is 0 Å². The number of fused-ring (bicyclic) bond motifs is 1. The zero-order valence-electron chi connectivity index (χ0n) is 11.2. The predicted molar refractivity (Wildman–Crippen MR) is 86.6 cm³/mol. The van der Waals surface area contributed by atoms with Gasteiger partial charge in [-0.1, -0.05) is 24.6 Å². The first kappa shape index (κ1) is 15.0. The molecule has 19 heavy (non-hydrogen) atoms. The van der Waals surface area contributed by atoms with Gasteiger partial charge in [0.25, 0.3) is 0 Å². The molecule has 0 spiro atoms. The maximum absolute atomic E-state index is 6.21. The summed E-state index contributed by atoms with van der Waals surface area (Å²) >= 11 is 14.2. The lowest BCUT2D eigenvalue weighted by atomic mass is 10.2. The standard InChI is InChI=1S/C14H18Cl2N2S/c1-3-19-8-7-10(2)18-12-6-4-5-11(16)14(12)17-13(18)9-15/h4-6,10H,3,7-9H2,1-2H3. The number of hydrogen-bond acceptors (Lipinski definition) is 2. The van der Waals surface area contributed by atoms with Crippen molar-refractivity contribution in [1.82, 2.24) is 9.55 Å². The zero-order valence-corrected chi connectivity index (χ0v) is 13.5. The minimum Gasteiger partial charge on any atom is -0.324 e. The van der Waals surface area contributed by atoms with Crippen LogP contribution >= 0.6 is 35.0 Å². The smallest absolute Gasteiger partial charge is 0.125 e. The lowest BCUT2D eigenvalue weighted by Gasteiger charge is -2.16. The van der Waals surface area contributed by atoms with Gasteiger partial charge in [0.05, 0.1) is 16.4 Å². The second kappa shape index (κ2) is 6.87. The van der Waals surface area contributed by atoms with Crippen LogP contribution in [0.4, 0.5) is 0 Å². The van der Waals surface area contributed by atoms with Crippen molar-refractivity contribution in [3.05, 3.63) is 29.0 Å². The van der Waals surface area contributed by atoms with E-state index in [9.17, 15) is 0 Å². The summed E-state index contributed by atoms with van der Waals surface area (Å²) < 4.78 is 2.23. The maximum atomic E-state index is 6.21. The van der Waals surface area contributed by atoms with Crippen LogP contribution in [-0.2, 0) is 5.88 Å². The van der Waals surface area contributed by atoms with Crippen molar-refractivity contribution >= 4 is 46.0 Å². The van der Waals surface area contributed by atoms with Gasteiger partial charge in [0.1, 0.15) is 11.3 Å². The fourth-order valence-corrected chi connectivity index (χ4v) is 3.44. The molecule has 0 aliphatic carbocycles. The monoisotopic (exact) mass is 316 g/mol. The van der Waals surface area contributed by atoms with E-state index in [0.29, 0.717) is 16.9 Å². The number of halogens is 2. The minimum absolute atomic E-state index is 0.385. The fraction of sp³-hybridized carbons (Fsp3) is 0.500. The number of alkyl halides is 1. The van der Waals surface area contributed by atoms with Crippen LogP contribution in [0.5, 0.6) is 0 Å². The number of nitrogens with zero attached hydrogens (tertiary/aromatic N) is 2. The Morgan fingerprint density at radius 1 is 1.42 bits per heavy atom. The Hall–Kier alpha value is -0.380. The van der Waals surface area contributed by atoms with Crippen LogP contribution in [0.15, 0.2) is 18.2 Å². The first-order valence-corrected chi connectivity index (χ1v) is 8.54. The third-order valence-electron chi connectivity index (χ3n) is 3.19. The van der Waals surface area contributed by atoms with E-state index >= 15 is 0 Å². The SMILES string of the molecule is CCSCCC(C)n1c(CCl)nc2c(Cl)cccc21. The largest absolute Gasteiger partial charge is 0.324 e. The summed E-state index contributed by atoms with van der Waals surface area (Å²) in [5.41, 5.74) is 1.94. The quantitative estimate of drug-likeness (QED) is 0.543. The molecule has 1 aromatic carbocycles. The van der Waals surface area contributed by atoms with Crippen molar-refractivity contribution in [3.8, 4) is 0 Å². The van der Waals surface area contributed by atoms with Crippen LogP contribution in [0.2, 0.25) is 5.02 Å². The third kappa shape index (κ3) is 3.21. The third-order valence-corrected chi connectivity index (χ3v) is 4.67. The van der Waals surface area contributed by atoms with Gasteiger partial charge >= 0.3 is 0 Å². The van der Waals surface area contributed by atoms with E-state index in [1.807, 2.05) is 23.9 Å². The summed E-state index contributed by atoms with van der Waals surface area (Å²) in [6.07, 6.45) is 1.11. The molecule has 0 aliphatic rings. The van der Waals surface area contributed by atoms with E-state index in [1.165, 1.54) is 0 Å². The van der Waals surface area contributed by atoms with Gasteiger partial charge in [-0.25, -0.2) is 4.98 Å². The number of rotatable bonds is 6. The van der Waals surface area contributed by atoms with Crippen LogP contribution in [0.25, 0.3) is 11.0 Å². The van der Waals surface area contributed by atoms with E-state index in [1.54, 1.807) is 0 Å². The molecule has 0 aliphatic heterocycles. The molecule has 104 valence electrons. The topological polar surface area (TPSA) is 17.8 Å². The molecule has 1 heterocycles. The molecular weight excluding hydrogens is 299 g/mol. The van der Waals surface area contributed by atoms with Crippen molar-refractivity contribution in [1.29, 1.82) is 0 Å². The van der Waals surface area contributed by atoms with Gasteiger partial charge in [0.2, 0.25) is 0 Å². The summed E-state index contributed by atoms with van der Waals surface area (Å²) in [7, 11) is 0. The number of thioether (sulfide) groups is 1. The van der Waals surface area contributed by atoms with Gasteiger partial charge in [0, 0.05) is 6.04 Å². The molecule has 0 amide bonds.